The predicted octanol–water partition coefficient (Wildman–Crippen LogP) is 2.85. The number of aryl methyl sites for hydroxylation is 1. The van der Waals surface area contributed by atoms with Crippen molar-refractivity contribution >= 4 is 0 Å². The molecule has 1 atom stereocenters. The van der Waals surface area contributed by atoms with Gasteiger partial charge in [0.25, 0.3) is 0 Å². The van der Waals surface area contributed by atoms with E-state index in [-0.39, 0.29) is 0 Å². The Bertz CT molecular complexity index is 328. The quantitative estimate of drug-likeness (QED) is 0.716. The largest absolute Gasteiger partial charge is 0.311 e. The molecule has 1 aromatic carbocycles. The maximum Gasteiger partial charge on any atom is 0.0131 e. The SMILES string of the molecule is Cc1cccc(C2CNC(C)(C)C2)c1. The molecule has 0 radical (unpaired) electrons. The third-order valence-corrected chi connectivity index (χ3v) is 3.10. The third kappa shape index (κ3) is 1.98. The lowest BCUT2D eigenvalue weighted by atomic mass is 9.91. The molecule has 0 saturated carbocycles. The Balaban J connectivity index is 2.17. The molecular weight excluding hydrogens is 170 g/mol. The van der Waals surface area contributed by atoms with Crippen molar-refractivity contribution < 1.29 is 0 Å². The zero-order valence-corrected chi connectivity index (χ0v) is 9.30. The van der Waals surface area contributed by atoms with Crippen molar-refractivity contribution in [2.24, 2.45) is 0 Å². The minimum atomic E-state index is 0.314. The van der Waals surface area contributed by atoms with E-state index in [1.54, 1.807) is 0 Å². The van der Waals surface area contributed by atoms with E-state index < -0.39 is 0 Å². The highest BCUT2D eigenvalue weighted by Gasteiger charge is 2.30. The van der Waals surface area contributed by atoms with Crippen LogP contribution >= 0.6 is 0 Å². The standard InChI is InChI=1S/C13H19N/c1-10-5-4-6-11(7-10)12-8-13(2,3)14-9-12/h4-7,12,14H,8-9H2,1-3H3. The van der Waals surface area contributed by atoms with Crippen molar-refractivity contribution in [1.82, 2.24) is 5.32 Å². The smallest absolute Gasteiger partial charge is 0.0131 e. The van der Waals surface area contributed by atoms with Gasteiger partial charge in [0.05, 0.1) is 0 Å². The third-order valence-electron chi connectivity index (χ3n) is 3.10. The van der Waals surface area contributed by atoms with Crippen LogP contribution in [0.2, 0.25) is 0 Å². The van der Waals surface area contributed by atoms with Gasteiger partial charge >= 0.3 is 0 Å². The molecule has 0 aliphatic carbocycles. The summed E-state index contributed by atoms with van der Waals surface area (Å²) in [6.45, 7) is 7.85. The van der Waals surface area contributed by atoms with Gasteiger partial charge in [0.15, 0.2) is 0 Å². The minimum Gasteiger partial charge on any atom is -0.311 e. The second kappa shape index (κ2) is 3.39. The van der Waals surface area contributed by atoms with Crippen molar-refractivity contribution in [3.8, 4) is 0 Å². The topological polar surface area (TPSA) is 12.0 Å². The van der Waals surface area contributed by atoms with Gasteiger partial charge in [-0.15, -0.1) is 0 Å². The van der Waals surface area contributed by atoms with Crippen LogP contribution in [-0.4, -0.2) is 12.1 Å². The van der Waals surface area contributed by atoms with Crippen LogP contribution in [0.1, 0.15) is 37.3 Å². The van der Waals surface area contributed by atoms with Crippen LogP contribution < -0.4 is 5.32 Å². The van der Waals surface area contributed by atoms with Crippen LogP contribution in [0.25, 0.3) is 0 Å². The van der Waals surface area contributed by atoms with Gasteiger partial charge in [-0.05, 0) is 38.7 Å². The molecule has 1 aromatic rings. The second-order valence-corrected chi connectivity index (χ2v) is 5.08. The summed E-state index contributed by atoms with van der Waals surface area (Å²) in [6, 6.07) is 8.89. The highest BCUT2D eigenvalue weighted by molar-refractivity contribution is 5.27. The van der Waals surface area contributed by atoms with Gasteiger partial charge in [-0.2, -0.15) is 0 Å². The van der Waals surface area contributed by atoms with E-state index in [0.29, 0.717) is 11.5 Å². The van der Waals surface area contributed by atoms with E-state index in [0.717, 1.165) is 6.54 Å². The molecule has 2 rings (SSSR count). The summed E-state index contributed by atoms with van der Waals surface area (Å²) in [7, 11) is 0. The zero-order valence-electron chi connectivity index (χ0n) is 9.30. The molecule has 0 bridgehead atoms. The van der Waals surface area contributed by atoms with Crippen molar-refractivity contribution in [3.63, 3.8) is 0 Å². The predicted molar refractivity (Wildman–Crippen MR) is 60.6 cm³/mol. The van der Waals surface area contributed by atoms with E-state index in [2.05, 4.69) is 50.4 Å². The second-order valence-electron chi connectivity index (χ2n) is 5.08. The first-order chi connectivity index (χ1) is 6.57. The Hall–Kier alpha value is -0.820. The zero-order chi connectivity index (χ0) is 10.2. The molecule has 0 amide bonds. The van der Waals surface area contributed by atoms with E-state index >= 15 is 0 Å². The van der Waals surface area contributed by atoms with Gasteiger partial charge < -0.3 is 5.32 Å². The lowest BCUT2D eigenvalue weighted by Crippen LogP contribution is -2.31. The molecule has 1 heteroatoms. The fourth-order valence-electron chi connectivity index (χ4n) is 2.32. The van der Waals surface area contributed by atoms with Crippen LogP contribution in [0.3, 0.4) is 0 Å². The van der Waals surface area contributed by atoms with E-state index in [1.165, 1.54) is 17.5 Å². The fraction of sp³-hybridized carbons (Fsp3) is 0.538. The highest BCUT2D eigenvalue weighted by Crippen LogP contribution is 2.31. The monoisotopic (exact) mass is 189 g/mol. The van der Waals surface area contributed by atoms with Gasteiger partial charge in [0.1, 0.15) is 0 Å². The fourth-order valence-corrected chi connectivity index (χ4v) is 2.32. The van der Waals surface area contributed by atoms with Crippen LogP contribution in [0, 0.1) is 6.92 Å². The van der Waals surface area contributed by atoms with Crippen LogP contribution in [0.5, 0.6) is 0 Å². The number of benzene rings is 1. The highest BCUT2D eigenvalue weighted by atomic mass is 15.0. The number of nitrogens with one attached hydrogen (secondary N) is 1. The number of hydrogen-bond acceptors (Lipinski definition) is 1. The first-order valence-electron chi connectivity index (χ1n) is 5.38. The van der Waals surface area contributed by atoms with Crippen LogP contribution in [0.4, 0.5) is 0 Å². The Morgan fingerprint density at radius 1 is 1.36 bits per heavy atom. The molecule has 1 heterocycles. The number of hydrogen-bond donors (Lipinski definition) is 1. The Morgan fingerprint density at radius 2 is 2.14 bits per heavy atom. The summed E-state index contributed by atoms with van der Waals surface area (Å²) in [5.74, 6) is 0.699. The molecule has 0 aromatic heterocycles. The van der Waals surface area contributed by atoms with Crippen molar-refractivity contribution in [2.45, 2.75) is 38.6 Å². The van der Waals surface area contributed by atoms with Crippen molar-refractivity contribution in [1.29, 1.82) is 0 Å². The van der Waals surface area contributed by atoms with Gasteiger partial charge in [0.2, 0.25) is 0 Å². The molecule has 14 heavy (non-hydrogen) atoms. The Kier molecular flexibility index (Phi) is 2.36. The number of rotatable bonds is 1. The maximum atomic E-state index is 3.56. The van der Waals surface area contributed by atoms with Crippen LogP contribution in [-0.2, 0) is 0 Å². The maximum absolute atomic E-state index is 3.56. The summed E-state index contributed by atoms with van der Waals surface area (Å²) in [5, 5.41) is 3.56. The van der Waals surface area contributed by atoms with E-state index in [9.17, 15) is 0 Å². The van der Waals surface area contributed by atoms with Crippen molar-refractivity contribution in [3.05, 3.63) is 35.4 Å². The molecule has 1 nitrogen and oxygen atoms in total. The van der Waals surface area contributed by atoms with E-state index in [1.807, 2.05) is 0 Å². The molecule has 1 N–H and O–H groups in total. The van der Waals surface area contributed by atoms with E-state index in [4.69, 9.17) is 0 Å². The summed E-state index contributed by atoms with van der Waals surface area (Å²) in [5.41, 5.74) is 3.17. The normalized spacial score (nSPS) is 25.2. The van der Waals surface area contributed by atoms with Gasteiger partial charge in [-0.3, -0.25) is 0 Å². The van der Waals surface area contributed by atoms with Crippen LogP contribution in [0.15, 0.2) is 24.3 Å². The molecule has 0 spiro atoms. The minimum absolute atomic E-state index is 0.314. The van der Waals surface area contributed by atoms with Gasteiger partial charge in [-0.1, -0.05) is 29.8 Å². The lowest BCUT2D eigenvalue weighted by molar-refractivity contribution is 0.456. The van der Waals surface area contributed by atoms with Gasteiger partial charge in [0, 0.05) is 12.1 Å². The van der Waals surface area contributed by atoms with Gasteiger partial charge in [-0.25, -0.2) is 0 Å². The molecule has 1 fully saturated rings. The molecule has 1 unspecified atom stereocenters. The molecule has 76 valence electrons. The molecular formula is C13H19N. The summed E-state index contributed by atoms with van der Waals surface area (Å²) in [6.07, 6.45) is 1.25. The molecule has 1 aliphatic heterocycles. The Labute approximate surface area is 86.5 Å². The Morgan fingerprint density at radius 3 is 2.71 bits per heavy atom. The molecule has 1 saturated heterocycles. The average Bonchev–Trinajstić information content (AvgIpc) is 2.46. The summed E-state index contributed by atoms with van der Waals surface area (Å²) in [4.78, 5) is 0. The average molecular weight is 189 g/mol. The van der Waals surface area contributed by atoms with Crippen molar-refractivity contribution in [2.75, 3.05) is 6.54 Å². The summed E-state index contributed by atoms with van der Waals surface area (Å²) < 4.78 is 0. The molecule has 1 aliphatic rings. The summed E-state index contributed by atoms with van der Waals surface area (Å²) >= 11 is 0. The first-order valence-corrected chi connectivity index (χ1v) is 5.38. The lowest BCUT2D eigenvalue weighted by Gasteiger charge is -2.17. The first kappa shape index (κ1) is 9.72.